The number of ether oxygens (including phenoxy) is 2. The number of carbonyl (C=O) groups excluding carboxylic acids is 3. The molecule has 0 radical (unpaired) electrons. The number of nitrogens with zero attached hydrogens (tertiary/aromatic N) is 2. The summed E-state index contributed by atoms with van der Waals surface area (Å²) in [5.74, 6) is -2.24. The fourth-order valence-corrected chi connectivity index (χ4v) is 4.56. The lowest BCUT2D eigenvalue weighted by atomic mass is 9.81. The van der Waals surface area contributed by atoms with Gasteiger partial charge in [0.2, 0.25) is 0 Å². The third-order valence-electron chi connectivity index (χ3n) is 6.75. The summed E-state index contributed by atoms with van der Waals surface area (Å²) in [7, 11) is 3.47. The molecule has 8 nitrogen and oxygen atoms in total. The molecule has 1 saturated heterocycles. The fourth-order valence-electron chi connectivity index (χ4n) is 4.56. The third kappa shape index (κ3) is 5.66. The summed E-state index contributed by atoms with van der Waals surface area (Å²) in [4.78, 5) is 40.2. The molecule has 1 saturated carbocycles. The van der Waals surface area contributed by atoms with E-state index in [1.807, 2.05) is 30.3 Å². The molecule has 3 unspecified atom stereocenters. The van der Waals surface area contributed by atoms with Crippen molar-refractivity contribution in [1.82, 2.24) is 15.3 Å². The average Bonchev–Trinajstić information content (AvgIpc) is 3.17. The van der Waals surface area contributed by atoms with Crippen LogP contribution >= 0.6 is 0 Å². The van der Waals surface area contributed by atoms with Crippen LogP contribution in [0.2, 0.25) is 0 Å². The second-order valence-corrected chi connectivity index (χ2v) is 9.02. The Balaban J connectivity index is 1.58. The molecule has 1 aromatic rings. The van der Waals surface area contributed by atoms with Gasteiger partial charge in [0.25, 0.3) is 5.91 Å². The first-order valence-electron chi connectivity index (χ1n) is 11.4. The van der Waals surface area contributed by atoms with Crippen LogP contribution in [0, 0.1) is 11.8 Å². The quantitative estimate of drug-likeness (QED) is 0.484. The van der Waals surface area contributed by atoms with Gasteiger partial charge in [-0.3, -0.25) is 19.4 Å². The van der Waals surface area contributed by atoms with Gasteiger partial charge in [-0.2, -0.15) is 0 Å². The van der Waals surface area contributed by atoms with E-state index in [4.69, 9.17) is 9.47 Å². The molecule has 1 amide bonds. The number of hydrogen-bond acceptors (Lipinski definition) is 7. The Bertz CT molecular complexity index is 800. The number of hydrogen-bond donors (Lipinski definition) is 1. The molecule has 3 rings (SSSR count). The molecule has 0 spiro atoms. The van der Waals surface area contributed by atoms with Crippen LogP contribution in [0.15, 0.2) is 30.3 Å². The highest BCUT2D eigenvalue weighted by molar-refractivity contribution is 5.99. The smallest absolute Gasteiger partial charge is 0.318 e. The SMILES string of the molecule is COC(=O)C1CC(N(C)C(C)C)CCC1NN1CC[C@H](C(=O)OCc2ccccc2)C1=O. The highest BCUT2D eigenvalue weighted by atomic mass is 16.5. The number of carbonyl (C=O) groups is 3. The normalized spacial score (nSPS) is 25.9. The van der Waals surface area contributed by atoms with Gasteiger partial charge in [-0.25, -0.2) is 5.43 Å². The molecule has 2 fully saturated rings. The Morgan fingerprint density at radius 2 is 1.88 bits per heavy atom. The average molecular weight is 446 g/mol. The van der Waals surface area contributed by atoms with Crippen LogP contribution in [0.4, 0.5) is 0 Å². The number of amides is 1. The van der Waals surface area contributed by atoms with Crippen molar-refractivity contribution < 1.29 is 23.9 Å². The van der Waals surface area contributed by atoms with Crippen molar-refractivity contribution in [3.05, 3.63) is 35.9 Å². The molecule has 0 aromatic heterocycles. The molecule has 1 N–H and O–H groups in total. The summed E-state index contributed by atoms with van der Waals surface area (Å²) in [5.41, 5.74) is 4.12. The van der Waals surface area contributed by atoms with E-state index in [9.17, 15) is 14.4 Å². The van der Waals surface area contributed by atoms with Gasteiger partial charge in [-0.15, -0.1) is 0 Å². The Morgan fingerprint density at radius 3 is 2.53 bits per heavy atom. The van der Waals surface area contributed by atoms with E-state index in [1.165, 1.54) is 12.1 Å². The van der Waals surface area contributed by atoms with Gasteiger partial charge in [0.15, 0.2) is 0 Å². The van der Waals surface area contributed by atoms with E-state index >= 15 is 0 Å². The number of benzene rings is 1. The molecular weight excluding hydrogens is 410 g/mol. The summed E-state index contributed by atoms with van der Waals surface area (Å²) in [6.45, 7) is 4.83. The van der Waals surface area contributed by atoms with Gasteiger partial charge in [-0.1, -0.05) is 30.3 Å². The first-order chi connectivity index (χ1) is 15.3. The standard InChI is InChI=1S/C24H35N3O5/c1-16(2)26(3)18-10-11-21(20(14-18)23(29)31-4)25-27-13-12-19(22(27)28)24(30)32-15-17-8-6-5-7-9-17/h5-9,16,18-21,25H,10-15H2,1-4H3/t18?,19-,20?,21?/m0/s1. The first kappa shape index (κ1) is 24.2. The largest absolute Gasteiger partial charge is 0.469 e. The Labute approximate surface area is 190 Å². The molecule has 0 bridgehead atoms. The molecular formula is C24H35N3O5. The van der Waals surface area contributed by atoms with Gasteiger partial charge < -0.3 is 14.4 Å². The number of hydrazine groups is 1. The minimum Gasteiger partial charge on any atom is -0.469 e. The highest BCUT2D eigenvalue weighted by Gasteiger charge is 2.43. The zero-order valence-corrected chi connectivity index (χ0v) is 19.5. The lowest BCUT2D eigenvalue weighted by molar-refractivity contribution is -0.156. The molecule has 2 aliphatic rings. The Morgan fingerprint density at radius 1 is 1.16 bits per heavy atom. The number of nitrogens with one attached hydrogen (secondary N) is 1. The highest BCUT2D eigenvalue weighted by Crippen LogP contribution is 2.31. The summed E-state index contributed by atoms with van der Waals surface area (Å²) < 4.78 is 10.4. The molecule has 1 aromatic carbocycles. The van der Waals surface area contributed by atoms with Crippen LogP contribution in [-0.2, 0) is 30.5 Å². The van der Waals surface area contributed by atoms with E-state index in [2.05, 4.69) is 31.2 Å². The molecule has 32 heavy (non-hydrogen) atoms. The summed E-state index contributed by atoms with van der Waals surface area (Å²) >= 11 is 0. The predicted octanol–water partition coefficient (Wildman–Crippen LogP) is 2.13. The van der Waals surface area contributed by atoms with E-state index in [0.29, 0.717) is 25.4 Å². The lowest BCUT2D eigenvalue weighted by Crippen LogP contribution is -2.55. The van der Waals surface area contributed by atoms with E-state index in [-0.39, 0.29) is 36.5 Å². The second kappa shape index (κ2) is 10.9. The van der Waals surface area contributed by atoms with Crippen molar-refractivity contribution in [3.63, 3.8) is 0 Å². The van der Waals surface area contributed by atoms with Crippen molar-refractivity contribution in [3.8, 4) is 0 Å². The van der Waals surface area contributed by atoms with Crippen molar-refractivity contribution in [2.45, 2.75) is 64.3 Å². The van der Waals surface area contributed by atoms with Crippen LogP contribution in [0.3, 0.4) is 0 Å². The van der Waals surface area contributed by atoms with Crippen LogP contribution in [0.1, 0.15) is 45.1 Å². The molecule has 1 aliphatic carbocycles. The topological polar surface area (TPSA) is 88.2 Å². The summed E-state index contributed by atoms with van der Waals surface area (Å²) in [5, 5.41) is 1.49. The fraction of sp³-hybridized carbons (Fsp3) is 0.625. The van der Waals surface area contributed by atoms with Gasteiger partial charge in [0, 0.05) is 24.7 Å². The predicted molar refractivity (Wildman–Crippen MR) is 119 cm³/mol. The van der Waals surface area contributed by atoms with Gasteiger partial charge in [0.05, 0.1) is 13.0 Å². The molecule has 8 heteroatoms. The minimum absolute atomic E-state index is 0.147. The van der Waals surface area contributed by atoms with E-state index in [1.54, 1.807) is 0 Å². The maximum Gasteiger partial charge on any atom is 0.318 e. The maximum atomic E-state index is 12.9. The van der Waals surface area contributed by atoms with E-state index in [0.717, 1.165) is 18.4 Å². The van der Waals surface area contributed by atoms with Crippen molar-refractivity contribution in [2.24, 2.45) is 11.8 Å². The second-order valence-electron chi connectivity index (χ2n) is 9.02. The van der Waals surface area contributed by atoms with E-state index < -0.39 is 11.9 Å². The lowest BCUT2D eigenvalue weighted by Gasteiger charge is -2.41. The molecule has 4 atom stereocenters. The van der Waals surface area contributed by atoms with Gasteiger partial charge >= 0.3 is 11.9 Å². The van der Waals surface area contributed by atoms with Crippen LogP contribution < -0.4 is 5.43 Å². The summed E-state index contributed by atoms with van der Waals surface area (Å²) in [6, 6.07) is 9.85. The zero-order valence-electron chi connectivity index (χ0n) is 19.5. The number of rotatable bonds is 8. The molecule has 1 aliphatic heterocycles. The van der Waals surface area contributed by atoms with Gasteiger partial charge in [-0.05, 0) is 52.1 Å². The third-order valence-corrected chi connectivity index (χ3v) is 6.75. The van der Waals surface area contributed by atoms with Crippen molar-refractivity contribution >= 4 is 17.8 Å². The minimum atomic E-state index is -0.814. The number of methoxy groups -OCH3 is 1. The van der Waals surface area contributed by atoms with Crippen molar-refractivity contribution in [2.75, 3.05) is 20.7 Å². The van der Waals surface area contributed by atoms with Crippen LogP contribution in [0.5, 0.6) is 0 Å². The molecule has 176 valence electrons. The van der Waals surface area contributed by atoms with Crippen LogP contribution in [0.25, 0.3) is 0 Å². The van der Waals surface area contributed by atoms with Crippen molar-refractivity contribution in [1.29, 1.82) is 0 Å². The Kier molecular flexibility index (Phi) is 8.26. The van der Waals surface area contributed by atoms with Gasteiger partial charge in [0.1, 0.15) is 12.5 Å². The Hall–Kier alpha value is -2.45. The first-order valence-corrected chi connectivity index (χ1v) is 11.4. The zero-order chi connectivity index (χ0) is 23.3. The maximum absolute atomic E-state index is 12.9. The van der Waals surface area contributed by atoms with Crippen LogP contribution in [-0.4, -0.2) is 66.6 Å². The summed E-state index contributed by atoms with van der Waals surface area (Å²) in [6.07, 6.45) is 2.73. The monoisotopic (exact) mass is 445 g/mol. The number of esters is 2. The molecule has 1 heterocycles.